The Morgan fingerprint density at radius 3 is 2.27 bits per heavy atom. The van der Waals surface area contributed by atoms with Gasteiger partial charge in [0.15, 0.2) is 11.6 Å². The zero-order valence-electron chi connectivity index (χ0n) is 7.74. The van der Waals surface area contributed by atoms with Crippen LogP contribution in [-0.4, -0.2) is 11.6 Å². The zero-order chi connectivity index (χ0) is 10.8. The van der Waals surface area contributed by atoms with Crippen molar-refractivity contribution >= 4 is 33.1 Å². The summed E-state index contributed by atoms with van der Waals surface area (Å²) in [6.45, 7) is 0. The summed E-state index contributed by atoms with van der Waals surface area (Å²) in [4.78, 5) is 22.6. The highest BCUT2D eigenvalue weighted by atomic mass is 79.9. The van der Waals surface area contributed by atoms with E-state index in [0.717, 1.165) is 10.0 Å². The van der Waals surface area contributed by atoms with Gasteiger partial charge in [-0.2, -0.15) is 0 Å². The molecule has 2 rings (SSSR count). The molecule has 0 N–H and O–H groups in total. The van der Waals surface area contributed by atoms with E-state index in [2.05, 4.69) is 15.9 Å². The number of carbonyl (C=O) groups excluding carboxylic acids is 2. The zero-order valence-corrected chi connectivity index (χ0v) is 9.32. The minimum atomic E-state index is -0.146. The Morgan fingerprint density at radius 2 is 1.60 bits per heavy atom. The lowest BCUT2D eigenvalue weighted by Crippen LogP contribution is -2.06. The van der Waals surface area contributed by atoms with Crippen molar-refractivity contribution in [3.8, 4) is 0 Å². The van der Waals surface area contributed by atoms with Crippen molar-refractivity contribution in [2.45, 2.75) is 0 Å². The lowest BCUT2D eigenvalue weighted by molar-refractivity contribution is -0.113. The van der Waals surface area contributed by atoms with Crippen LogP contribution < -0.4 is 0 Å². The van der Waals surface area contributed by atoms with Gasteiger partial charge in [0.1, 0.15) is 0 Å². The normalized spacial score (nSPS) is 15.4. The molecule has 2 nitrogen and oxygen atoms in total. The van der Waals surface area contributed by atoms with E-state index in [1.807, 2.05) is 12.1 Å². The summed E-state index contributed by atoms with van der Waals surface area (Å²) in [6.07, 6.45) is 3.95. The van der Waals surface area contributed by atoms with Gasteiger partial charge in [0.2, 0.25) is 0 Å². The number of carbonyl (C=O) groups is 2. The monoisotopic (exact) mass is 262 g/mol. The third-order valence-electron chi connectivity index (χ3n) is 2.11. The summed E-state index contributed by atoms with van der Waals surface area (Å²) >= 11 is 3.31. The second-order valence-electron chi connectivity index (χ2n) is 3.16. The first-order valence-electron chi connectivity index (χ1n) is 4.41. The Morgan fingerprint density at radius 1 is 0.933 bits per heavy atom. The third kappa shape index (κ3) is 2.13. The van der Waals surface area contributed by atoms with Crippen molar-refractivity contribution in [1.82, 2.24) is 0 Å². The Labute approximate surface area is 95.4 Å². The molecule has 1 aliphatic rings. The van der Waals surface area contributed by atoms with Gasteiger partial charge >= 0.3 is 0 Å². The van der Waals surface area contributed by atoms with Gasteiger partial charge in [-0.05, 0) is 35.9 Å². The van der Waals surface area contributed by atoms with Gasteiger partial charge in [-0.3, -0.25) is 9.59 Å². The van der Waals surface area contributed by atoms with Crippen LogP contribution in [0.15, 0.2) is 47.0 Å². The first-order chi connectivity index (χ1) is 7.16. The lowest BCUT2D eigenvalue weighted by Gasteiger charge is -2.06. The lowest BCUT2D eigenvalue weighted by atomic mass is 9.96. The van der Waals surface area contributed by atoms with Gasteiger partial charge in [0.25, 0.3) is 0 Å². The fourth-order valence-corrected chi connectivity index (χ4v) is 1.63. The van der Waals surface area contributed by atoms with Crippen LogP contribution in [0, 0.1) is 0 Å². The first-order valence-corrected chi connectivity index (χ1v) is 5.20. The van der Waals surface area contributed by atoms with Crippen molar-refractivity contribution in [3.63, 3.8) is 0 Å². The van der Waals surface area contributed by atoms with Crippen LogP contribution in [0.1, 0.15) is 5.56 Å². The van der Waals surface area contributed by atoms with Crippen LogP contribution in [0.4, 0.5) is 0 Å². The highest BCUT2D eigenvalue weighted by Crippen LogP contribution is 2.21. The van der Waals surface area contributed by atoms with Crippen LogP contribution >= 0.6 is 15.9 Å². The number of halogens is 1. The molecule has 1 aromatic carbocycles. The van der Waals surface area contributed by atoms with Gasteiger partial charge in [-0.15, -0.1) is 0 Å². The maximum Gasteiger partial charge on any atom is 0.186 e. The predicted molar refractivity (Wildman–Crippen MR) is 61.3 cm³/mol. The number of allylic oxidation sites excluding steroid dienone is 4. The number of hydrogen-bond acceptors (Lipinski definition) is 2. The van der Waals surface area contributed by atoms with E-state index in [1.165, 1.54) is 18.2 Å². The molecule has 1 aliphatic carbocycles. The van der Waals surface area contributed by atoms with E-state index >= 15 is 0 Å². The summed E-state index contributed by atoms with van der Waals surface area (Å²) in [7, 11) is 0. The van der Waals surface area contributed by atoms with Crippen LogP contribution in [-0.2, 0) is 9.59 Å². The molecule has 0 fully saturated rings. The van der Waals surface area contributed by atoms with Gasteiger partial charge in [0.05, 0.1) is 0 Å². The van der Waals surface area contributed by atoms with Crippen molar-refractivity contribution in [1.29, 1.82) is 0 Å². The Bertz CT molecular complexity index is 481. The molecule has 0 heterocycles. The van der Waals surface area contributed by atoms with E-state index in [0.29, 0.717) is 5.57 Å². The number of rotatable bonds is 1. The van der Waals surface area contributed by atoms with Gasteiger partial charge in [-0.1, -0.05) is 28.1 Å². The van der Waals surface area contributed by atoms with E-state index in [9.17, 15) is 9.59 Å². The highest BCUT2D eigenvalue weighted by Gasteiger charge is 2.14. The average Bonchev–Trinajstić information content (AvgIpc) is 2.23. The van der Waals surface area contributed by atoms with Gasteiger partial charge in [0, 0.05) is 10.0 Å². The van der Waals surface area contributed by atoms with Crippen LogP contribution in [0.5, 0.6) is 0 Å². The quantitative estimate of drug-likeness (QED) is 0.729. The molecule has 0 aliphatic heterocycles. The molecule has 0 bridgehead atoms. The fraction of sp³-hybridized carbons (Fsp3) is 0. The smallest absolute Gasteiger partial charge is 0.186 e. The molecule has 0 radical (unpaired) electrons. The topological polar surface area (TPSA) is 34.1 Å². The maximum absolute atomic E-state index is 11.5. The molecule has 1 aromatic rings. The molecule has 0 amide bonds. The average molecular weight is 263 g/mol. The van der Waals surface area contributed by atoms with Crippen LogP contribution in [0.3, 0.4) is 0 Å². The summed E-state index contributed by atoms with van der Waals surface area (Å²) < 4.78 is 0.942. The molecule has 0 aromatic heterocycles. The minimum absolute atomic E-state index is 0.128. The molecule has 0 saturated heterocycles. The molecule has 0 unspecified atom stereocenters. The molecular formula is C12H7BrO2. The maximum atomic E-state index is 11.5. The van der Waals surface area contributed by atoms with Gasteiger partial charge in [-0.25, -0.2) is 0 Å². The van der Waals surface area contributed by atoms with Crippen molar-refractivity contribution in [3.05, 3.63) is 52.5 Å². The molecule has 74 valence electrons. The summed E-state index contributed by atoms with van der Waals surface area (Å²) in [5.74, 6) is -0.274. The Balaban J connectivity index is 2.43. The van der Waals surface area contributed by atoms with Gasteiger partial charge < -0.3 is 0 Å². The van der Waals surface area contributed by atoms with E-state index in [1.54, 1.807) is 12.1 Å². The minimum Gasteiger partial charge on any atom is -0.290 e. The number of benzene rings is 1. The molecule has 0 saturated carbocycles. The molecule has 0 atom stereocenters. The second-order valence-corrected chi connectivity index (χ2v) is 4.08. The number of ketones is 2. The van der Waals surface area contributed by atoms with Crippen molar-refractivity contribution < 1.29 is 9.59 Å². The third-order valence-corrected chi connectivity index (χ3v) is 2.63. The molecule has 0 spiro atoms. The van der Waals surface area contributed by atoms with E-state index in [-0.39, 0.29) is 11.6 Å². The first kappa shape index (κ1) is 10.1. The predicted octanol–water partition coefficient (Wildman–Crippen LogP) is 2.54. The molecule has 15 heavy (non-hydrogen) atoms. The largest absolute Gasteiger partial charge is 0.290 e. The van der Waals surface area contributed by atoms with Crippen molar-refractivity contribution in [2.75, 3.05) is 0 Å². The SMILES string of the molecule is O=C1C=CC(=O)C(c2ccc(Br)cc2)=C1. The van der Waals surface area contributed by atoms with Crippen molar-refractivity contribution in [2.24, 2.45) is 0 Å². The standard InChI is InChI=1S/C12H7BrO2/c13-9-3-1-8(2-4-9)11-7-10(14)5-6-12(11)15/h1-7H. The molecular weight excluding hydrogens is 256 g/mol. The summed E-state index contributed by atoms with van der Waals surface area (Å²) in [5.41, 5.74) is 1.22. The van der Waals surface area contributed by atoms with Crippen LogP contribution in [0.2, 0.25) is 0 Å². The summed E-state index contributed by atoms with van der Waals surface area (Å²) in [6, 6.07) is 7.29. The second kappa shape index (κ2) is 3.95. The molecule has 3 heteroatoms. The van der Waals surface area contributed by atoms with E-state index < -0.39 is 0 Å². The summed E-state index contributed by atoms with van der Waals surface area (Å²) in [5, 5.41) is 0. The number of hydrogen-bond donors (Lipinski definition) is 0. The Hall–Kier alpha value is -1.48. The van der Waals surface area contributed by atoms with Crippen LogP contribution in [0.25, 0.3) is 5.57 Å². The Kier molecular flexibility index (Phi) is 2.64. The highest BCUT2D eigenvalue weighted by molar-refractivity contribution is 9.10. The van der Waals surface area contributed by atoms with E-state index in [4.69, 9.17) is 0 Å². The fourth-order valence-electron chi connectivity index (χ4n) is 1.36.